The van der Waals surface area contributed by atoms with Crippen LogP contribution in [-0.4, -0.2) is 15.6 Å². The van der Waals surface area contributed by atoms with Gasteiger partial charge in [0.15, 0.2) is 5.78 Å². The number of ketones is 1. The first-order chi connectivity index (χ1) is 9.75. The lowest BCUT2D eigenvalue weighted by Gasteiger charge is -2.01. The summed E-state index contributed by atoms with van der Waals surface area (Å²) in [6.07, 6.45) is 3.26. The first-order valence-corrected chi connectivity index (χ1v) is 6.53. The molecule has 0 aliphatic heterocycles. The number of hydrogen-bond acceptors (Lipinski definition) is 2. The van der Waals surface area contributed by atoms with Crippen molar-refractivity contribution in [2.24, 2.45) is 0 Å². The molecule has 0 fully saturated rings. The Morgan fingerprint density at radius 1 is 1.00 bits per heavy atom. The average Bonchev–Trinajstić information content (AvgIpc) is 2.98. The SMILES string of the molecule is O=C(c1cnn(-c2ccccc2)c1)c1ccccc1Cl. The Morgan fingerprint density at radius 3 is 2.45 bits per heavy atom. The van der Waals surface area contributed by atoms with E-state index in [0.29, 0.717) is 16.1 Å². The molecule has 2 aromatic carbocycles. The van der Waals surface area contributed by atoms with Crippen LogP contribution in [0.3, 0.4) is 0 Å². The van der Waals surface area contributed by atoms with Crippen LogP contribution in [0.15, 0.2) is 67.0 Å². The van der Waals surface area contributed by atoms with Crippen LogP contribution in [0.2, 0.25) is 5.02 Å². The lowest BCUT2D eigenvalue weighted by Crippen LogP contribution is -2.00. The zero-order valence-electron chi connectivity index (χ0n) is 10.5. The van der Waals surface area contributed by atoms with Crippen molar-refractivity contribution in [2.45, 2.75) is 0 Å². The Bertz CT molecular complexity index is 750. The van der Waals surface area contributed by atoms with E-state index in [4.69, 9.17) is 11.6 Å². The van der Waals surface area contributed by atoms with E-state index in [0.717, 1.165) is 5.69 Å². The highest BCUT2D eigenvalue weighted by molar-refractivity contribution is 6.34. The first-order valence-electron chi connectivity index (χ1n) is 6.15. The molecule has 3 aromatic rings. The zero-order valence-corrected chi connectivity index (χ0v) is 11.3. The lowest BCUT2D eigenvalue weighted by atomic mass is 10.1. The number of carbonyl (C=O) groups is 1. The van der Waals surface area contributed by atoms with Gasteiger partial charge in [-0.2, -0.15) is 5.10 Å². The molecule has 0 saturated carbocycles. The van der Waals surface area contributed by atoms with Crippen molar-refractivity contribution in [1.29, 1.82) is 0 Å². The molecule has 0 radical (unpaired) electrons. The second-order valence-corrected chi connectivity index (χ2v) is 4.73. The number of para-hydroxylation sites is 1. The number of hydrogen-bond donors (Lipinski definition) is 0. The summed E-state index contributed by atoms with van der Waals surface area (Å²) in [6, 6.07) is 16.6. The number of aromatic nitrogens is 2. The van der Waals surface area contributed by atoms with E-state index < -0.39 is 0 Å². The van der Waals surface area contributed by atoms with Crippen molar-refractivity contribution in [1.82, 2.24) is 9.78 Å². The zero-order chi connectivity index (χ0) is 13.9. The quantitative estimate of drug-likeness (QED) is 0.686. The monoisotopic (exact) mass is 282 g/mol. The van der Waals surface area contributed by atoms with Crippen molar-refractivity contribution in [3.63, 3.8) is 0 Å². The van der Waals surface area contributed by atoms with Crippen LogP contribution in [0.4, 0.5) is 0 Å². The fourth-order valence-corrected chi connectivity index (χ4v) is 2.18. The van der Waals surface area contributed by atoms with Crippen LogP contribution >= 0.6 is 11.6 Å². The summed E-state index contributed by atoms with van der Waals surface area (Å²) in [7, 11) is 0. The minimum Gasteiger partial charge on any atom is -0.288 e. The van der Waals surface area contributed by atoms with E-state index in [1.165, 1.54) is 0 Å². The van der Waals surface area contributed by atoms with Gasteiger partial charge in [-0.05, 0) is 24.3 Å². The van der Waals surface area contributed by atoms with Crippen LogP contribution in [0.5, 0.6) is 0 Å². The van der Waals surface area contributed by atoms with Crippen molar-refractivity contribution < 1.29 is 4.79 Å². The third kappa shape index (κ3) is 2.36. The topological polar surface area (TPSA) is 34.9 Å². The molecule has 0 N–H and O–H groups in total. The molecule has 0 bridgehead atoms. The van der Waals surface area contributed by atoms with Gasteiger partial charge in [-0.1, -0.05) is 41.9 Å². The molecule has 3 nitrogen and oxygen atoms in total. The maximum Gasteiger partial charge on any atom is 0.197 e. The van der Waals surface area contributed by atoms with Crippen LogP contribution in [0.1, 0.15) is 15.9 Å². The second kappa shape index (κ2) is 5.31. The maximum absolute atomic E-state index is 12.4. The van der Waals surface area contributed by atoms with Gasteiger partial charge in [0.1, 0.15) is 0 Å². The van der Waals surface area contributed by atoms with E-state index in [9.17, 15) is 4.79 Å². The number of halogens is 1. The van der Waals surface area contributed by atoms with Gasteiger partial charge in [0, 0.05) is 11.8 Å². The number of benzene rings is 2. The Morgan fingerprint density at radius 2 is 1.70 bits per heavy atom. The first kappa shape index (κ1) is 12.6. The van der Waals surface area contributed by atoms with E-state index in [-0.39, 0.29) is 5.78 Å². The molecule has 1 heterocycles. The van der Waals surface area contributed by atoms with Crippen molar-refractivity contribution in [3.05, 3.63) is 83.1 Å². The largest absolute Gasteiger partial charge is 0.288 e. The lowest BCUT2D eigenvalue weighted by molar-refractivity contribution is 0.103. The molecule has 1 aromatic heterocycles. The van der Waals surface area contributed by atoms with Crippen LogP contribution in [0.25, 0.3) is 5.69 Å². The Balaban J connectivity index is 1.95. The predicted octanol–water partition coefficient (Wildman–Crippen LogP) is 3.76. The van der Waals surface area contributed by atoms with Crippen molar-refractivity contribution >= 4 is 17.4 Å². The van der Waals surface area contributed by atoms with Gasteiger partial charge in [-0.15, -0.1) is 0 Å². The molecule has 0 saturated heterocycles. The molecule has 0 amide bonds. The van der Waals surface area contributed by atoms with E-state index in [1.807, 2.05) is 30.3 Å². The summed E-state index contributed by atoms with van der Waals surface area (Å²) < 4.78 is 1.67. The molecular formula is C16H11ClN2O. The summed E-state index contributed by atoms with van der Waals surface area (Å²) in [5, 5.41) is 4.66. The molecule has 0 aliphatic carbocycles. The summed E-state index contributed by atoms with van der Waals surface area (Å²) in [5.74, 6) is -0.127. The second-order valence-electron chi connectivity index (χ2n) is 4.32. The molecule has 98 valence electrons. The minimum absolute atomic E-state index is 0.127. The maximum atomic E-state index is 12.4. The van der Waals surface area contributed by atoms with E-state index >= 15 is 0 Å². The van der Waals surface area contributed by atoms with Gasteiger partial charge >= 0.3 is 0 Å². The van der Waals surface area contributed by atoms with E-state index in [1.54, 1.807) is 41.3 Å². The Labute approximate surface area is 121 Å². The molecule has 0 spiro atoms. The molecule has 4 heteroatoms. The molecular weight excluding hydrogens is 272 g/mol. The third-order valence-electron chi connectivity index (χ3n) is 2.98. The van der Waals surface area contributed by atoms with Crippen LogP contribution in [0, 0.1) is 0 Å². The standard InChI is InChI=1S/C16H11ClN2O/c17-15-9-5-4-8-14(15)16(20)12-10-18-19(11-12)13-6-2-1-3-7-13/h1-11H. The Hall–Kier alpha value is -2.39. The number of nitrogens with zero attached hydrogens (tertiary/aromatic N) is 2. The number of carbonyl (C=O) groups excluding carboxylic acids is 1. The fraction of sp³-hybridized carbons (Fsp3) is 0. The number of rotatable bonds is 3. The smallest absolute Gasteiger partial charge is 0.197 e. The highest BCUT2D eigenvalue weighted by atomic mass is 35.5. The third-order valence-corrected chi connectivity index (χ3v) is 3.31. The Kier molecular flexibility index (Phi) is 3.35. The van der Waals surface area contributed by atoms with Crippen molar-refractivity contribution in [3.8, 4) is 5.69 Å². The van der Waals surface area contributed by atoms with Gasteiger partial charge in [0.25, 0.3) is 0 Å². The van der Waals surface area contributed by atoms with E-state index in [2.05, 4.69) is 5.10 Å². The van der Waals surface area contributed by atoms with Gasteiger partial charge in [-0.3, -0.25) is 4.79 Å². The predicted molar refractivity (Wildman–Crippen MR) is 78.4 cm³/mol. The molecule has 0 atom stereocenters. The molecule has 3 rings (SSSR count). The van der Waals surface area contributed by atoms with Gasteiger partial charge < -0.3 is 0 Å². The van der Waals surface area contributed by atoms with Gasteiger partial charge in [-0.25, -0.2) is 4.68 Å². The molecule has 0 aliphatic rings. The van der Waals surface area contributed by atoms with Gasteiger partial charge in [0.2, 0.25) is 0 Å². The van der Waals surface area contributed by atoms with Gasteiger partial charge in [0.05, 0.1) is 22.5 Å². The average molecular weight is 283 g/mol. The van der Waals surface area contributed by atoms with Crippen molar-refractivity contribution in [2.75, 3.05) is 0 Å². The van der Waals surface area contributed by atoms with Crippen LogP contribution in [-0.2, 0) is 0 Å². The summed E-state index contributed by atoms with van der Waals surface area (Å²) in [6.45, 7) is 0. The highest BCUT2D eigenvalue weighted by Crippen LogP contribution is 2.19. The van der Waals surface area contributed by atoms with Crippen LogP contribution < -0.4 is 0 Å². The molecule has 0 unspecified atom stereocenters. The summed E-state index contributed by atoms with van der Waals surface area (Å²) in [4.78, 5) is 12.4. The summed E-state index contributed by atoms with van der Waals surface area (Å²) in [5.41, 5.74) is 1.91. The normalized spacial score (nSPS) is 10.4. The minimum atomic E-state index is -0.127. The summed E-state index contributed by atoms with van der Waals surface area (Å²) >= 11 is 6.04. The molecule has 20 heavy (non-hydrogen) atoms. The highest BCUT2D eigenvalue weighted by Gasteiger charge is 2.14. The fourth-order valence-electron chi connectivity index (χ4n) is 1.96.